The predicted molar refractivity (Wildman–Crippen MR) is 108 cm³/mol. The lowest BCUT2D eigenvalue weighted by Gasteiger charge is -2.09. The average Bonchev–Trinajstić information content (AvgIpc) is 3.34. The van der Waals surface area contributed by atoms with E-state index in [0.29, 0.717) is 18.0 Å². The molecule has 0 spiro atoms. The van der Waals surface area contributed by atoms with E-state index in [1.807, 2.05) is 42.1 Å². The van der Waals surface area contributed by atoms with Crippen molar-refractivity contribution < 1.29 is 4.79 Å². The number of carbonyl (C=O) groups is 1. The maximum Gasteiger partial charge on any atom is 0.251 e. The summed E-state index contributed by atoms with van der Waals surface area (Å²) < 4.78 is 4.06. The highest BCUT2D eigenvalue weighted by Gasteiger charge is 2.26. The van der Waals surface area contributed by atoms with Crippen LogP contribution in [0.15, 0.2) is 42.6 Å². The number of nitrogens with zero attached hydrogens (tertiary/aromatic N) is 4. The van der Waals surface area contributed by atoms with Crippen LogP contribution in [-0.2, 0) is 13.1 Å². The monoisotopic (exact) mass is 377 g/mol. The first-order valence-corrected chi connectivity index (χ1v) is 10.00. The second-order valence-corrected chi connectivity index (χ2v) is 7.64. The zero-order valence-corrected chi connectivity index (χ0v) is 16.6. The molecule has 6 nitrogen and oxygen atoms in total. The molecule has 1 saturated carbocycles. The molecule has 0 atom stereocenters. The third-order valence-corrected chi connectivity index (χ3v) is 5.23. The molecule has 2 heterocycles. The summed E-state index contributed by atoms with van der Waals surface area (Å²) in [5.74, 6) is 0.672. The quantitative estimate of drug-likeness (QED) is 0.612. The molecule has 0 aliphatic heterocycles. The normalized spacial score (nSPS) is 13.6. The molecule has 1 N–H and O–H groups in total. The van der Waals surface area contributed by atoms with Gasteiger partial charge < -0.3 is 5.32 Å². The van der Waals surface area contributed by atoms with Gasteiger partial charge in [-0.25, -0.2) is 0 Å². The molecule has 1 aliphatic carbocycles. The molecule has 0 saturated heterocycles. The molecule has 6 heteroatoms. The molecule has 1 aromatic carbocycles. The number of hydrogen-bond acceptors (Lipinski definition) is 3. The molecule has 2 aromatic heterocycles. The van der Waals surface area contributed by atoms with E-state index >= 15 is 0 Å². The molecule has 28 heavy (non-hydrogen) atoms. The fourth-order valence-electron chi connectivity index (χ4n) is 3.56. The van der Waals surface area contributed by atoms with Crippen LogP contribution in [0, 0.1) is 13.8 Å². The third-order valence-electron chi connectivity index (χ3n) is 5.23. The van der Waals surface area contributed by atoms with E-state index in [4.69, 9.17) is 0 Å². The Morgan fingerprint density at radius 1 is 1.14 bits per heavy atom. The van der Waals surface area contributed by atoms with E-state index in [-0.39, 0.29) is 5.91 Å². The summed E-state index contributed by atoms with van der Waals surface area (Å²) in [6.45, 7) is 6.26. The third kappa shape index (κ3) is 4.32. The summed E-state index contributed by atoms with van der Waals surface area (Å²) in [4.78, 5) is 12.4. The van der Waals surface area contributed by atoms with Crippen LogP contribution in [0.4, 0.5) is 0 Å². The number of aromatic nitrogens is 4. The molecule has 1 fully saturated rings. The maximum atomic E-state index is 12.4. The molecule has 0 unspecified atom stereocenters. The Kier molecular flexibility index (Phi) is 5.28. The molecular weight excluding hydrogens is 350 g/mol. The Bertz CT molecular complexity index is 950. The number of benzene rings is 1. The molecule has 0 bridgehead atoms. The molecule has 0 radical (unpaired) electrons. The van der Waals surface area contributed by atoms with Crippen molar-refractivity contribution >= 4 is 5.91 Å². The van der Waals surface area contributed by atoms with Gasteiger partial charge in [0, 0.05) is 42.2 Å². The van der Waals surface area contributed by atoms with Crippen LogP contribution in [-0.4, -0.2) is 32.0 Å². The molecule has 1 aliphatic rings. The Morgan fingerprint density at radius 2 is 1.93 bits per heavy atom. The van der Waals surface area contributed by atoms with Gasteiger partial charge in [-0.3, -0.25) is 14.2 Å². The van der Waals surface area contributed by atoms with Crippen molar-refractivity contribution in [2.75, 3.05) is 6.54 Å². The second-order valence-electron chi connectivity index (χ2n) is 7.64. The van der Waals surface area contributed by atoms with Crippen LogP contribution >= 0.6 is 0 Å². The zero-order chi connectivity index (χ0) is 19.5. The van der Waals surface area contributed by atoms with Crippen LogP contribution in [0.2, 0.25) is 0 Å². The highest BCUT2D eigenvalue weighted by molar-refractivity contribution is 5.94. The van der Waals surface area contributed by atoms with Gasteiger partial charge in [0.1, 0.15) is 0 Å². The lowest BCUT2D eigenvalue weighted by Crippen LogP contribution is -2.25. The fourth-order valence-corrected chi connectivity index (χ4v) is 3.56. The maximum absolute atomic E-state index is 12.4. The van der Waals surface area contributed by atoms with Gasteiger partial charge in [-0.2, -0.15) is 10.2 Å². The van der Waals surface area contributed by atoms with Crippen LogP contribution in [0.1, 0.15) is 58.2 Å². The summed E-state index contributed by atoms with van der Waals surface area (Å²) in [6.07, 6.45) is 5.30. The standard InChI is InChI=1S/C22H27N5O/c1-16-14-17(2)27(25-16)15-18-4-6-20(7-5-18)22(28)23-11-3-13-26-21(10-12-24-26)19-8-9-19/h4-7,10,12,14,19H,3,8-9,11,13,15H2,1-2H3,(H,23,28). The van der Waals surface area contributed by atoms with Crippen molar-refractivity contribution in [1.82, 2.24) is 24.9 Å². The lowest BCUT2D eigenvalue weighted by atomic mass is 10.1. The highest BCUT2D eigenvalue weighted by atomic mass is 16.1. The minimum atomic E-state index is -0.0273. The van der Waals surface area contributed by atoms with Gasteiger partial charge in [0.05, 0.1) is 12.2 Å². The van der Waals surface area contributed by atoms with Crippen LogP contribution in [0.25, 0.3) is 0 Å². The van der Waals surface area contributed by atoms with Gasteiger partial charge in [0.2, 0.25) is 0 Å². The van der Waals surface area contributed by atoms with Crippen molar-refractivity contribution in [3.63, 3.8) is 0 Å². The van der Waals surface area contributed by atoms with Crippen LogP contribution < -0.4 is 5.32 Å². The average molecular weight is 377 g/mol. The first-order valence-electron chi connectivity index (χ1n) is 10.00. The highest BCUT2D eigenvalue weighted by Crippen LogP contribution is 2.39. The summed E-state index contributed by atoms with van der Waals surface area (Å²) in [6, 6.07) is 11.9. The molecule has 146 valence electrons. The van der Waals surface area contributed by atoms with Crippen LogP contribution in [0.5, 0.6) is 0 Å². The van der Waals surface area contributed by atoms with Gasteiger partial charge in [0.15, 0.2) is 0 Å². The Morgan fingerprint density at radius 3 is 2.61 bits per heavy atom. The first kappa shape index (κ1) is 18.5. The van der Waals surface area contributed by atoms with Crippen molar-refractivity contribution in [3.05, 3.63) is 70.8 Å². The van der Waals surface area contributed by atoms with Gasteiger partial charge in [0.25, 0.3) is 5.91 Å². The first-order chi connectivity index (χ1) is 13.6. The SMILES string of the molecule is Cc1cc(C)n(Cc2ccc(C(=O)NCCCn3nccc3C3CC3)cc2)n1. The van der Waals surface area contributed by atoms with Crippen LogP contribution in [0.3, 0.4) is 0 Å². The van der Waals surface area contributed by atoms with Gasteiger partial charge in [-0.15, -0.1) is 0 Å². The molecule has 3 aromatic rings. The zero-order valence-electron chi connectivity index (χ0n) is 16.6. The van der Waals surface area contributed by atoms with Crippen molar-refractivity contribution in [2.45, 2.75) is 52.1 Å². The second kappa shape index (κ2) is 8.00. The van der Waals surface area contributed by atoms with E-state index < -0.39 is 0 Å². The number of rotatable bonds is 8. The van der Waals surface area contributed by atoms with Crippen molar-refractivity contribution in [1.29, 1.82) is 0 Å². The number of hydrogen-bond donors (Lipinski definition) is 1. The Hall–Kier alpha value is -2.89. The fraction of sp³-hybridized carbons (Fsp3) is 0.409. The summed E-state index contributed by atoms with van der Waals surface area (Å²) in [5, 5.41) is 11.9. The molecular formula is C22H27N5O. The number of amides is 1. The van der Waals surface area contributed by atoms with E-state index in [0.717, 1.165) is 36.5 Å². The van der Waals surface area contributed by atoms with E-state index in [1.165, 1.54) is 18.5 Å². The number of nitrogens with one attached hydrogen (secondary N) is 1. The minimum absolute atomic E-state index is 0.0273. The largest absolute Gasteiger partial charge is 0.352 e. The molecule has 4 rings (SSSR count). The van der Waals surface area contributed by atoms with E-state index in [1.54, 1.807) is 0 Å². The Balaban J connectivity index is 1.25. The van der Waals surface area contributed by atoms with Crippen molar-refractivity contribution in [3.8, 4) is 0 Å². The minimum Gasteiger partial charge on any atom is -0.352 e. The number of aryl methyl sites for hydroxylation is 3. The summed E-state index contributed by atoms with van der Waals surface area (Å²) in [5.41, 5.74) is 5.32. The topological polar surface area (TPSA) is 64.7 Å². The van der Waals surface area contributed by atoms with Gasteiger partial charge in [-0.1, -0.05) is 12.1 Å². The summed E-state index contributed by atoms with van der Waals surface area (Å²) >= 11 is 0. The predicted octanol–water partition coefficient (Wildman–Crippen LogP) is 3.44. The smallest absolute Gasteiger partial charge is 0.251 e. The number of carbonyl (C=O) groups excluding carboxylic acids is 1. The summed E-state index contributed by atoms with van der Waals surface area (Å²) in [7, 11) is 0. The van der Waals surface area contributed by atoms with Gasteiger partial charge >= 0.3 is 0 Å². The van der Waals surface area contributed by atoms with Gasteiger partial charge in [-0.05, 0) is 62.9 Å². The van der Waals surface area contributed by atoms with Crippen molar-refractivity contribution in [2.24, 2.45) is 0 Å². The van der Waals surface area contributed by atoms with E-state index in [2.05, 4.69) is 39.3 Å². The lowest BCUT2D eigenvalue weighted by molar-refractivity contribution is 0.0952. The molecule has 1 amide bonds. The van der Waals surface area contributed by atoms with E-state index in [9.17, 15) is 4.79 Å². The Labute approximate surface area is 165 Å².